The molecule has 0 saturated carbocycles. The highest BCUT2D eigenvalue weighted by molar-refractivity contribution is 5.71. The van der Waals surface area contributed by atoms with Crippen molar-refractivity contribution in [3.8, 4) is 0 Å². The number of allylic oxidation sites excluding steroid dienone is 1. The van der Waals surface area contributed by atoms with Gasteiger partial charge in [-0.2, -0.15) is 0 Å². The summed E-state index contributed by atoms with van der Waals surface area (Å²) < 4.78 is 5.11. The van der Waals surface area contributed by atoms with E-state index in [1.807, 2.05) is 13.0 Å². The second kappa shape index (κ2) is 8.79. The molecule has 0 aliphatic rings. The Labute approximate surface area is 87.3 Å². The van der Waals surface area contributed by atoms with Crippen LogP contribution < -0.4 is 0 Å². The second-order valence-corrected chi connectivity index (χ2v) is 3.64. The van der Waals surface area contributed by atoms with Crippen LogP contribution in [0.1, 0.15) is 46.0 Å². The third-order valence-corrected chi connectivity index (χ3v) is 2.19. The van der Waals surface area contributed by atoms with E-state index in [4.69, 9.17) is 4.74 Å². The van der Waals surface area contributed by atoms with E-state index in [0.717, 1.165) is 32.1 Å². The molecule has 2 heteroatoms. The van der Waals surface area contributed by atoms with E-state index in [9.17, 15) is 4.79 Å². The molecule has 2 nitrogen and oxygen atoms in total. The maximum atomic E-state index is 11.4. The molecule has 0 aliphatic heterocycles. The maximum absolute atomic E-state index is 11.4. The van der Waals surface area contributed by atoms with Crippen molar-refractivity contribution in [2.45, 2.75) is 46.0 Å². The molecule has 0 saturated heterocycles. The SMILES string of the molecule is C=CCCCC(C)C(=O)OCCCC. The Hall–Kier alpha value is -0.790. The van der Waals surface area contributed by atoms with Gasteiger partial charge in [0.05, 0.1) is 12.5 Å². The van der Waals surface area contributed by atoms with Crippen molar-refractivity contribution in [2.24, 2.45) is 5.92 Å². The number of unbranched alkanes of at least 4 members (excludes halogenated alkanes) is 2. The number of hydrogen-bond donors (Lipinski definition) is 0. The Bertz CT molecular complexity index is 164. The molecule has 0 rings (SSSR count). The first-order valence-corrected chi connectivity index (χ1v) is 5.49. The predicted molar refractivity (Wildman–Crippen MR) is 59.1 cm³/mol. The molecule has 0 heterocycles. The van der Waals surface area contributed by atoms with Crippen LogP contribution in [0.4, 0.5) is 0 Å². The summed E-state index contributed by atoms with van der Waals surface area (Å²) in [6, 6.07) is 0. The van der Waals surface area contributed by atoms with E-state index in [-0.39, 0.29) is 11.9 Å². The summed E-state index contributed by atoms with van der Waals surface area (Å²) in [6.45, 7) is 8.23. The Morgan fingerprint density at radius 2 is 2.21 bits per heavy atom. The average Bonchev–Trinajstić information content (AvgIpc) is 2.18. The van der Waals surface area contributed by atoms with Gasteiger partial charge in [-0.05, 0) is 25.7 Å². The summed E-state index contributed by atoms with van der Waals surface area (Å²) in [4.78, 5) is 11.4. The minimum Gasteiger partial charge on any atom is -0.465 e. The molecule has 0 N–H and O–H groups in total. The number of carbonyl (C=O) groups is 1. The molecule has 0 spiro atoms. The lowest BCUT2D eigenvalue weighted by molar-refractivity contribution is -0.148. The molecule has 0 aromatic carbocycles. The first-order chi connectivity index (χ1) is 6.72. The lowest BCUT2D eigenvalue weighted by Gasteiger charge is -2.10. The van der Waals surface area contributed by atoms with Crippen molar-refractivity contribution in [2.75, 3.05) is 6.61 Å². The number of ether oxygens (including phenoxy) is 1. The summed E-state index contributed by atoms with van der Waals surface area (Å²) >= 11 is 0. The summed E-state index contributed by atoms with van der Waals surface area (Å²) in [7, 11) is 0. The van der Waals surface area contributed by atoms with Crippen LogP contribution in [0.3, 0.4) is 0 Å². The van der Waals surface area contributed by atoms with Gasteiger partial charge in [-0.15, -0.1) is 6.58 Å². The Morgan fingerprint density at radius 3 is 2.79 bits per heavy atom. The largest absolute Gasteiger partial charge is 0.465 e. The van der Waals surface area contributed by atoms with Crippen molar-refractivity contribution < 1.29 is 9.53 Å². The van der Waals surface area contributed by atoms with Crippen LogP contribution in [0.25, 0.3) is 0 Å². The molecular formula is C12H22O2. The lowest BCUT2D eigenvalue weighted by atomic mass is 10.0. The van der Waals surface area contributed by atoms with E-state index in [2.05, 4.69) is 13.5 Å². The fraction of sp³-hybridized carbons (Fsp3) is 0.750. The molecule has 82 valence electrons. The monoisotopic (exact) mass is 198 g/mol. The van der Waals surface area contributed by atoms with Gasteiger partial charge in [0.1, 0.15) is 0 Å². The van der Waals surface area contributed by atoms with Gasteiger partial charge < -0.3 is 4.74 Å². The topological polar surface area (TPSA) is 26.3 Å². The third-order valence-electron chi connectivity index (χ3n) is 2.19. The smallest absolute Gasteiger partial charge is 0.308 e. The minimum atomic E-state index is -0.0532. The first kappa shape index (κ1) is 13.2. The van der Waals surface area contributed by atoms with Gasteiger partial charge in [-0.3, -0.25) is 4.79 Å². The van der Waals surface area contributed by atoms with E-state index >= 15 is 0 Å². The summed E-state index contributed by atoms with van der Waals surface area (Å²) in [5, 5.41) is 0. The molecule has 0 radical (unpaired) electrons. The number of carbonyl (C=O) groups excluding carboxylic acids is 1. The molecule has 0 fully saturated rings. The molecular weight excluding hydrogens is 176 g/mol. The fourth-order valence-corrected chi connectivity index (χ4v) is 1.15. The molecule has 14 heavy (non-hydrogen) atoms. The van der Waals surface area contributed by atoms with Gasteiger partial charge >= 0.3 is 5.97 Å². The van der Waals surface area contributed by atoms with Crippen LogP contribution in [-0.4, -0.2) is 12.6 Å². The Balaban J connectivity index is 3.49. The van der Waals surface area contributed by atoms with Crippen molar-refractivity contribution in [3.63, 3.8) is 0 Å². The zero-order valence-electron chi connectivity index (χ0n) is 9.42. The molecule has 0 amide bonds. The lowest BCUT2D eigenvalue weighted by Crippen LogP contribution is -2.15. The third kappa shape index (κ3) is 6.70. The molecule has 0 aromatic rings. The van der Waals surface area contributed by atoms with Crippen LogP contribution in [-0.2, 0) is 9.53 Å². The van der Waals surface area contributed by atoms with Crippen LogP contribution in [0.15, 0.2) is 12.7 Å². The highest BCUT2D eigenvalue weighted by Gasteiger charge is 2.12. The van der Waals surface area contributed by atoms with Gasteiger partial charge in [0.2, 0.25) is 0 Å². The number of esters is 1. The van der Waals surface area contributed by atoms with Gasteiger partial charge in [0, 0.05) is 0 Å². The van der Waals surface area contributed by atoms with Crippen LogP contribution in [0.5, 0.6) is 0 Å². The normalized spacial score (nSPS) is 12.1. The summed E-state index contributed by atoms with van der Waals surface area (Å²) in [5.41, 5.74) is 0. The quantitative estimate of drug-likeness (QED) is 0.340. The molecule has 0 aromatic heterocycles. The van der Waals surface area contributed by atoms with Crippen molar-refractivity contribution in [1.82, 2.24) is 0 Å². The second-order valence-electron chi connectivity index (χ2n) is 3.64. The van der Waals surface area contributed by atoms with Crippen molar-refractivity contribution >= 4 is 5.97 Å². The van der Waals surface area contributed by atoms with E-state index < -0.39 is 0 Å². The standard InChI is InChI=1S/C12H22O2/c1-4-6-8-9-11(3)12(13)14-10-7-5-2/h4,11H,1,5-10H2,2-3H3. The summed E-state index contributed by atoms with van der Waals surface area (Å²) in [6.07, 6.45) is 6.81. The fourth-order valence-electron chi connectivity index (χ4n) is 1.15. The van der Waals surface area contributed by atoms with Gasteiger partial charge in [0.15, 0.2) is 0 Å². The van der Waals surface area contributed by atoms with E-state index in [0.29, 0.717) is 6.61 Å². The molecule has 1 atom stereocenters. The summed E-state index contributed by atoms with van der Waals surface area (Å²) in [5.74, 6) is -0.0191. The molecule has 0 aliphatic carbocycles. The predicted octanol–water partition coefficient (Wildman–Crippen LogP) is 3.32. The Morgan fingerprint density at radius 1 is 1.50 bits per heavy atom. The van der Waals surface area contributed by atoms with Gasteiger partial charge in [0.25, 0.3) is 0 Å². The highest BCUT2D eigenvalue weighted by Crippen LogP contribution is 2.10. The number of hydrogen-bond acceptors (Lipinski definition) is 2. The first-order valence-electron chi connectivity index (χ1n) is 5.49. The van der Waals surface area contributed by atoms with Crippen molar-refractivity contribution in [3.05, 3.63) is 12.7 Å². The maximum Gasteiger partial charge on any atom is 0.308 e. The average molecular weight is 198 g/mol. The van der Waals surface area contributed by atoms with Crippen LogP contribution >= 0.6 is 0 Å². The molecule has 1 unspecified atom stereocenters. The Kier molecular flexibility index (Phi) is 8.30. The highest BCUT2D eigenvalue weighted by atomic mass is 16.5. The number of rotatable bonds is 8. The van der Waals surface area contributed by atoms with Gasteiger partial charge in [-0.1, -0.05) is 26.3 Å². The van der Waals surface area contributed by atoms with Crippen molar-refractivity contribution in [1.29, 1.82) is 0 Å². The minimum absolute atomic E-state index is 0.0341. The van der Waals surface area contributed by atoms with Crippen LogP contribution in [0, 0.1) is 5.92 Å². The zero-order valence-corrected chi connectivity index (χ0v) is 9.42. The molecule has 0 bridgehead atoms. The van der Waals surface area contributed by atoms with E-state index in [1.165, 1.54) is 0 Å². The van der Waals surface area contributed by atoms with E-state index in [1.54, 1.807) is 0 Å². The van der Waals surface area contributed by atoms with Crippen LogP contribution in [0.2, 0.25) is 0 Å². The van der Waals surface area contributed by atoms with Gasteiger partial charge in [-0.25, -0.2) is 0 Å². The zero-order chi connectivity index (χ0) is 10.8.